The molecule has 1 aromatic heterocycles. The van der Waals surface area contributed by atoms with Gasteiger partial charge in [0.25, 0.3) is 5.91 Å². The summed E-state index contributed by atoms with van der Waals surface area (Å²) in [5, 5.41) is 10.7. The number of pyridine rings is 1. The maximum Gasteiger partial charge on any atom is 0.255 e. The first-order valence-corrected chi connectivity index (χ1v) is 6.58. The minimum atomic E-state index is -0.682. The van der Waals surface area contributed by atoms with Gasteiger partial charge in [-0.3, -0.25) is 4.79 Å². The molecular formula is C12H12Cl2N2O2. The summed E-state index contributed by atoms with van der Waals surface area (Å²) in [5.41, 5.74) is -0.339. The summed E-state index contributed by atoms with van der Waals surface area (Å²) in [6.45, 7) is 0.763. The average Bonchev–Trinajstić information content (AvgIpc) is 3.11. The van der Waals surface area contributed by atoms with Crippen LogP contribution in [0.5, 0.6) is 0 Å². The summed E-state index contributed by atoms with van der Waals surface area (Å²) in [5.74, 6) is 0.160. The van der Waals surface area contributed by atoms with E-state index in [4.69, 9.17) is 23.2 Å². The van der Waals surface area contributed by atoms with E-state index in [0.29, 0.717) is 24.6 Å². The van der Waals surface area contributed by atoms with E-state index in [1.54, 1.807) is 4.90 Å². The standard InChI is InChI=1S/C12H12Cl2N2O2/c13-9-4-15-10(14)3-8(9)11(17)16-5-12(18,6-16)7-1-2-7/h3-4,7,18H,1-2,5-6H2. The normalized spacial score (nSPS) is 21.6. The molecule has 96 valence electrons. The number of carbonyl (C=O) groups is 1. The number of likely N-dealkylation sites (tertiary alicyclic amines) is 1. The predicted molar refractivity (Wildman–Crippen MR) is 67.8 cm³/mol. The Labute approximate surface area is 115 Å². The van der Waals surface area contributed by atoms with Crippen molar-refractivity contribution in [3.05, 3.63) is 28.0 Å². The minimum Gasteiger partial charge on any atom is -0.386 e. The zero-order valence-corrected chi connectivity index (χ0v) is 11.1. The van der Waals surface area contributed by atoms with Gasteiger partial charge in [0.1, 0.15) is 10.8 Å². The third-order valence-corrected chi connectivity index (χ3v) is 4.11. The number of aromatic nitrogens is 1. The van der Waals surface area contributed by atoms with Gasteiger partial charge in [0, 0.05) is 6.20 Å². The fourth-order valence-electron chi connectivity index (χ4n) is 2.38. The molecule has 1 N–H and O–H groups in total. The molecule has 3 rings (SSSR count). The van der Waals surface area contributed by atoms with E-state index >= 15 is 0 Å². The molecule has 0 spiro atoms. The van der Waals surface area contributed by atoms with Gasteiger partial charge in [-0.25, -0.2) is 4.98 Å². The monoisotopic (exact) mass is 286 g/mol. The van der Waals surface area contributed by atoms with Crippen molar-refractivity contribution in [1.29, 1.82) is 0 Å². The summed E-state index contributed by atoms with van der Waals surface area (Å²) < 4.78 is 0. The SMILES string of the molecule is O=C(c1cc(Cl)ncc1Cl)N1CC(O)(C2CC2)C1. The molecule has 0 unspecified atom stereocenters. The van der Waals surface area contributed by atoms with Crippen LogP contribution in [0.15, 0.2) is 12.3 Å². The summed E-state index contributed by atoms with van der Waals surface area (Å²) in [6.07, 6.45) is 3.48. The molecule has 1 aromatic rings. The molecule has 2 aliphatic rings. The highest BCUT2D eigenvalue weighted by atomic mass is 35.5. The molecule has 0 aromatic carbocycles. The van der Waals surface area contributed by atoms with Crippen molar-refractivity contribution in [3.8, 4) is 0 Å². The van der Waals surface area contributed by atoms with E-state index < -0.39 is 5.60 Å². The lowest BCUT2D eigenvalue weighted by Crippen LogP contribution is -2.64. The molecule has 1 aliphatic heterocycles. The molecule has 1 saturated carbocycles. The van der Waals surface area contributed by atoms with Gasteiger partial charge in [0.15, 0.2) is 0 Å². The van der Waals surface area contributed by atoms with Crippen LogP contribution in [-0.4, -0.2) is 39.6 Å². The zero-order chi connectivity index (χ0) is 12.9. The van der Waals surface area contributed by atoms with Crippen LogP contribution >= 0.6 is 23.2 Å². The fourth-order valence-corrected chi connectivity index (χ4v) is 2.73. The van der Waals surface area contributed by atoms with Crippen molar-refractivity contribution >= 4 is 29.1 Å². The lowest BCUT2D eigenvalue weighted by molar-refractivity contribution is -0.0958. The zero-order valence-electron chi connectivity index (χ0n) is 9.57. The molecule has 0 radical (unpaired) electrons. The van der Waals surface area contributed by atoms with Crippen molar-refractivity contribution < 1.29 is 9.90 Å². The highest BCUT2D eigenvalue weighted by molar-refractivity contribution is 6.35. The molecule has 2 fully saturated rings. The number of hydrogen-bond donors (Lipinski definition) is 1. The first-order chi connectivity index (χ1) is 8.49. The molecule has 4 nitrogen and oxygen atoms in total. The highest BCUT2D eigenvalue weighted by Crippen LogP contribution is 2.44. The van der Waals surface area contributed by atoms with Crippen LogP contribution in [0.4, 0.5) is 0 Å². The lowest BCUT2D eigenvalue weighted by Gasteiger charge is -2.47. The quantitative estimate of drug-likeness (QED) is 0.846. The van der Waals surface area contributed by atoms with E-state index in [0.717, 1.165) is 12.8 Å². The van der Waals surface area contributed by atoms with Crippen LogP contribution in [0.3, 0.4) is 0 Å². The van der Waals surface area contributed by atoms with E-state index in [9.17, 15) is 9.90 Å². The van der Waals surface area contributed by atoms with Crippen molar-refractivity contribution in [3.63, 3.8) is 0 Å². The number of carbonyl (C=O) groups excluding carboxylic acids is 1. The highest BCUT2D eigenvalue weighted by Gasteiger charge is 2.53. The van der Waals surface area contributed by atoms with Gasteiger partial charge in [-0.15, -0.1) is 0 Å². The van der Waals surface area contributed by atoms with Crippen LogP contribution in [0, 0.1) is 5.92 Å². The Hall–Kier alpha value is -0.840. The van der Waals surface area contributed by atoms with Gasteiger partial charge < -0.3 is 10.0 Å². The topological polar surface area (TPSA) is 53.4 Å². The second-order valence-corrected chi connectivity index (χ2v) is 5.82. The summed E-state index contributed by atoms with van der Waals surface area (Å²) in [7, 11) is 0. The summed E-state index contributed by atoms with van der Waals surface area (Å²) in [4.78, 5) is 17.6. The van der Waals surface area contributed by atoms with Crippen LogP contribution in [-0.2, 0) is 0 Å². The Kier molecular flexibility index (Phi) is 2.77. The van der Waals surface area contributed by atoms with Crippen LogP contribution < -0.4 is 0 Å². The Balaban J connectivity index is 1.74. The number of rotatable bonds is 2. The number of β-amino-alcohol motifs (C(OH)–C–C–N with tert-alkyl or cyclic N) is 1. The fraction of sp³-hybridized carbons (Fsp3) is 0.500. The minimum absolute atomic E-state index is 0.199. The van der Waals surface area contributed by atoms with Crippen LogP contribution in [0.25, 0.3) is 0 Å². The third-order valence-electron chi connectivity index (χ3n) is 3.61. The molecule has 18 heavy (non-hydrogen) atoms. The molecule has 1 aliphatic carbocycles. The second-order valence-electron chi connectivity index (χ2n) is 5.03. The van der Waals surface area contributed by atoms with Gasteiger partial charge in [0.2, 0.25) is 0 Å². The third kappa shape index (κ3) is 1.98. The molecule has 0 bridgehead atoms. The first kappa shape index (κ1) is 12.2. The largest absolute Gasteiger partial charge is 0.386 e. The Morgan fingerprint density at radius 2 is 2.11 bits per heavy atom. The van der Waals surface area contributed by atoms with E-state index in [-0.39, 0.29) is 16.1 Å². The van der Waals surface area contributed by atoms with Gasteiger partial charge in [-0.2, -0.15) is 0 Å². The van der Waals surface area contributed by atoms with Gasteiger partial charge >= 0.3 is 0 Å². The van der Waals surface area contributed by atoms with Crippen LogP contribution in [0.1, 0.15) is 23.2 Å². The summed E-state index contributed by atoms with van der Waals surface area (Å²) in [6, 6.07) is 1.46. The molecular weight excluding hydrogens is 275 g/mol. The van der Waals surface area contributed by atoms with Crippen molar-refractivity contribution in [2.24, 2.45) is 5.92 Å². The Morgan fingerprint density at radius 1 is 1.44 bits per heavy atom. The van der Waals surface area contributed by atoms with Crippen molar-refractivity contribution in [1.82, 2.24) is 9.88 Å². The smallest absolute Gasteiger partial charge is 0.255 e. The predicted octanol–water partition coefficient (Wildman–Crippen LogP) is 1.99. The van der Waals surface area contributed by atoms with E-state index in [1.807, 2.05) is 0 Å². The van der Waals surface area contributed by atoms with Crippen molar-refractivity contribution in [2.45, 2.75) is 18.4 Å². The van der Waals surface area contributed by atoms with E-state index in [1.165, 1.54) is 12.3 Å². The Morgan fingerprint density at radius 3 is 2.72 bits per heavy atom. The second kappa shape index (κ2) is 4.08. The molecule has 6 heteroatoms. The average molecular weight is 287 g/mol. The number of halogens is 2. The molecule has 1 amide bonds. The summed E-state index contributed by atoms with van der Waals surface area (Å²) >= 11 is 11.7. The number of hydrogen-bond acceptors (Lipinski definition) is 3. The van der Waals surface area contributed by atoms with Crippen molar-refractivity contribution in [2.75, 3.05) is 13.1 Å². The molecule has 1 saturated heterocycles. The maximum atomic E-state index is 12.2. The molecule has 2 heterocycles. The first-order valence-electron chi connectivity index (χ1n) is 5.82. The number of nitrogens with zero attached hydrogens (tertiary/aromatic N) is 2. The molecule has 0 atom stereocenters. The van der Waals surface area contributed by atoms with Gasteiger partial charge in [-0.1, -0.05) is 23.2 Å². The van der Waals surface area contributed by atoms with Crippen LogP contribution in [0.2, 0.25) is 10.2 Å². The van der Waals surface area contributed by atoms with Gasteiger partial charge in [0.05, 0.1) is 23.7 Å². The number of aliphatic hydroxyl groups is 1. The maximum absolute atomic E-state index is 12.2. The Bertz CT molecular complexity index is 511. The van der Waals surface area contributed by atoms with Gasteiger partial charge in [-0.05, 0) is 24.8 Å². The number of amides is 1. The lowest BCUT2D eigenvalue weighted by atomic mass is 9.88. The van der Waals surface area contributed by atoms with E-state index in [2.05, 4.69) is 4.98 Å².